The van der Waals surface area contributed by atoms with Crippen molar-refractivity contribution in [2.24, 2.45) is 17.8 Å². The standard InChI is InChI=1S/C18H19BrO5/c1-22-7-8-5-12-14-15(18(8)24-12)17(21)13(16(14)20)10-4-3-9(19)6-11(10)23-2/h3-4,6,8,12-15,18H,5,7H2,1-2H3/t8-,12+,13?,14+,15-,18-/m1/s1. The zero-order chi connectivity index (χ0) is 17.0. The van der Waals surface area contributed by atoms with E-state index in [9.17, 15) is 9.59 Å². The van der Waals surface area contributed by atoms with E-state index in [1.54, 1.807) is 26.4 Å². The van der Waals surface area contributed by atoms with Crippen molar-refractivity contribution in [3.63, 3.8) is 0 Å². The third-order valence-electron chi connectivity index (χ3n) is 5.59. The molecular formula is C18H19BrO5. The van der Waals surface area contributed by atoms with Crippen molar-refractivity contribution in [2.45, 2.75) is 24.5 Å². The van der Waals surface area contributed by atoms with Gasteiger partial charge in [0.1, 0.15) is 11.7 Å². The molecule has 1 unspecified atom stereocenters. The summed E-state index contributed by atoms with van der Waals surface area (Å²) in [6, 6.07) is 5.44. The summed E-state index contributed by atoms with van der Waals surface area (Å²) >= 11 is 3.39. The van der Waals surface area contributed by atoms with Crippen LogP contribution in [0.2, 0.25) is 0 Å². The molecule has 2 bridgehead atoms. The van der Waals surface area contributed by atoms with Gasteiger partial charge in [-0.1, -0.05) is 22.0 Å². The zero-order valence-corrected chi connectivity index (χ0v) is 15.1. The Hall–Kier alpha value is -1.24. The van der Waals surface area contributed by atoms with E-state index in [0.717, 1.165) is 10.9 Å². The molecule has 24 heavy (non-hydrogen) atoms. The number of benzene rings is 1. The number of halogens is 1. The van der Waals surface area contributed by atoms with Gasteiger partial charge in [0.2, 0.25) is 0 Å². The molecule has 128 valence electrons. The summed E-state index contributed by atoms with van der Waals surface area (Å²) in [4.78, 5) is 26.1. The van der Waals surface area contributed by atoms with Gasteiger partial charge in [-0.2, -0.15) is 0 Å². The topological polar surface area (TPSA) is 61.8 Å². The highest BCUT2D eigenvalue weighted by Crippen LogP contribution is 2.55. The fourth-order valence-corrected chi connectivity index (χ4v) is 5.02. The van der Waals surface area contributed by atoms with Crippen molar-refractivity contribution >= 4 is 27.5 Å². The van der Waals surface area contributed by atoms with Crippen molar-refractivity contribution < 1.29 is 23.8 Å². The van der Waals surface area contributed by atoms with Gasteiger partial charge in [0.15, 0.2) is 11.6 Å². The summed E-state index contributed by atoms with van der Waals surface area (Å²) in [6.45, 7) is 0.568. The lowest BCUT2D eigenvalue weighted by molar-refractivity contribution is -0.127. The number of Topliss-reactive ketones (excluding diaryl/α,β-unsaturated/α-hetero) is 2. The molecule has 5 nitrogen and oxygen atoms in total. The minimum atomic E-state index is -0.738. The fraction of sp³-hybridized carbons (Fsp3) is 0.556. The van der Waals surface area contributed by atoms with Crippen LogP contribution in [-0.4, -0.2) is 44.6 Å². The quantitative estimate of drug-likeness (QED) is 0.733. The molecule has 1 aromatic carbocycles. The van der Waals surface area contributed by atoms with Crippen LogP contribution in [0.15, 0.2) is 22.7 Å². The number of carbonyl (C=O) groups excluding carboxylic acids is 2. The SMILES string of the molecule is COC[C@H]1C[C@@H]2O[C@H]1[C@H]1C(=O)C(c3ccc(Br)cc3OC)C(=O)[C@H]12. The number of rotatable bonds is 4. The van der Waals surface area contributed by atoms with Crippen LogP contribution in [0.3, 0.4) is 0 Å². The third-order valence-corrected chi connectivity index (χ3v) is 6.08. The molecule has 0 N–H and O–H groups in total. The predicted octanol–water partition coefficient (Wildman–Crippen LogP) is 2.36. The van der Waals surface area contributed by atoms with Crippen LogP contribution >= 0.6 is 15.9 Å². The van der Waals surface area contributed by atoms with E-state index in [2.05, 4.69) is 15.9 Å². The maximum atomic E-state index is 13.1. The third kappa shape index (κ3) is 2.20. The number of hydrogen-bond donors (Lipinski definition) is 0. The average Bonchev–Trinajstić information content (AvgIpc) is 3.20. The molecule has 0 spiro atoms. The Kier molecular flexibility index (Phi) is 4.01. The first kappa shape index (κ1) is 16.2. The highest BCUT2D eigenvalue weighted by Gasteiger charge is 2.65. The first-order valence-corrected chi connectivity index (χ1v) is 8.91. The van der Waals surface area contributed by atoms with E-state index in [-0.39, 0.29) is 41.5 Å². The zero-order valence-electron chi connectivity index (χ0n) is 13.5. The first-order chi connectivity index (χ1) is 11.6. The van der Waals surface area contributed by atoms with Crippen molar-refractivity contribution in [1.29, 1.82) is 0 Å². The van der Waals surface area contributed by atoms with Gasteiger partial charge in [0, 0.05) is 23.1 Å². The average molecular weight is 395 g/mol. The number of carbonyl (C=O) groups is 2. The minimum absolute atomic E-state index is 0.0195. The smallest absolute Gasteiger partial charge is 0.154 e. The van der Waals surface area contributed by atoms with Gasteiger partial charge in [0.05, 0.1) is 37.8 Å². The summed E-state index contributed by atoms with van der Waals surface area (Å²) in [6.07, 6.45) is 0.453. The second-order valence-corrected chi connectivity index (χ2v) is 7.68. The van der Waals surface area contributed by atoms with Crippen LogP contribution < -0.4 is 4.74 Å². The Labute approximate surface area is 148 Å². The molecule has 0 amide bonds. The lowest BCUT2D eigenvalue weighted by Gasteiger charge is -2.25. The molecule has 3 aliphatic rings. The summed E-state index contributed by atoms with van der Waals surface area (Å²) in [5, 5.41) is 0. The largest absolute Gasteiger partial charge is 0.496 e. The normalized spacial score (nSPS) is 37.1. The Balaban J connectivity index is 1.69. The summed E-state index contributed by atoms with van der Waals surface area (Å²) < 4.78 is 17.4. The molecule has 1 aliphatic carbocycles. The van der Waals surface area contributed by atoms with E-state index >= 15 is 0 Å². The molecule has 6 heteroatoms. The van der Waals surface area contributed by atoms with Crippen molar-refractivity contribution in [3.05, 3.63) is 28.2 Å². The van der Waals surface area contributed by atoms with Crippen LogP contribution in [0, 0.1) is 17.8 Å². The van der Waals surface area contributed by atoms with Gasteiger partial charge < -0.3 is 14.2 Å². The number of fused-ring (bicyclic) bond motifs is 5. The summed E-state index contributed by atoms with van der Waals surface area (Å²) in [7, 11) is 3.21. The summed E-state index contributed by atoms with van der Waals surface area (Å²) in [5.74, 6) is -0.670. The van der Waals surface area contributed by atoms with E-state index < -0.39 is 5.92 Å². The Morgan fingerprint density at radius 1 is 1.21 bits per heavy atom. The van der Waals surface area contributed by atoms with Gasteiger partial charge in [0.25, 0.3) is 0 Å². The Morgan fingerprint density at radius 2 is 1.96 bits per heavy atom. The highest BCUT2D eigenvalue weighted by molar-refractivity contribution is 9.10. The molecule has 3 fully saturated rings. The van der Waals surface area contributed by atoms with Gasteiger partial charge >= 0.3 is 0 Å². The van der Waals surface area contributed by atoms with Crippen LogP contribution in [-0.2, 0) is 19.1 Å². The highest BCUT2D eigenvalue weighted by atomic mass is 79.9. The lowest BCUT2D eigenvalue weighted by Crippen LogP contribution is -2.36. The van der Waals surface area contributed by atoms with Crippen LogP contribution in [0.1, 0.15) is 17.9 Å². The van der Waals surface area contributed by atoms with Gasteiger partial charge in [-0.05, 0) is 18.6 Å². The maximum absolute atomic E-state index is 13.1. The minimum Gasteiger partial charge on any atom is -0.496 e. The molecule has 0 aromatic heterocycles. The van der Waals surface area contributed by atoms with Crippen molar-refractivity contribution in [2.75, 3.05) is 20.8 Å². The molecule has 1 aromatic rings. The number of ether oxygens (including phenoxy) is 3. The van der Waals surface area contributed by atoms with Crippen LogP contribution in [0.5, 0.6) is 5.75 Å². The lowest BCUT2D eigenvalue weighted by atomic mass is 9.75. The Morgan fingerprint density at radius 3 is 2.67 bits per heavy atom. The van der Waals surface area contributed by atoms with Gasteiger partial charge in [-0.3, -0.25) is 9.59 Å². The van der Waals surface area contributed by atoms with E-state index in [1.807, 2.05) is 6.07 Å². The fourth-order valence-electron chi connectivity index (χ4n) is 4.68. The Bertz CT molecular complexity index is 703. The molecule has 2 aliphatic heterocycles. The molecular weight excluding hydrogens is 376 g/mol. The van der Waals surface area contributed by atoms with Crippen molar-refractivity contribution in [1.82, 2.24) is 0 Å². The second-order valence-electron chi connectivity index (χ2n) is 6.77. The van der Waals surface area contributed by atoms with Crippen LogP contribution in [0.25, 0.3) is 0 Å². The molecule has 0 radical (unpaired) electrons. The van der Waals surface area contributed by atoms with E-state index in [4.69, 9.17) is 14.2 Å². The van der Waals surface area contributed by atoms with Crippen molar-refractivity contribution in [3.8, 4) is 5.75 Å². The van der Waals surface area contributed by atoms with Gasteiger partial charge in [-0.15, -0.1) is 0 Å². The maximum Gasteiger partial charge on any atom is 0.154 e. The predicted molar refractivity (Wildman–Crippen MR) is 89.1 cm³/mol. The monoisotopic (exact) mass is 394 g/mol. The summed E-state index contributed by atoms with van der Waals surface area (Å²) in [5.41, 5.74) is 0.660. The molecule has 4 rings (SSSR count). The molecule has 1 saturated carbocycles. The van der Waals surface area contributed by atoms with E-state index in [1.165, 1.54) is 0 Å². The van der Waals surface area contributed by atoms with E-state index in [0.29, 0.717) is 17.9 Å². The van der Waals surface area contributed by atoms with Crippen LogP contribution in [0.4, 0.5) is 0 Å². The van der Waals surface area contributed by atoms with Gasteiger partial charge in [-0.25, -0.2) is 0 Å². The number of ketones is 2. The first-order valence-electron chi connectivity index (χ1n) is 8.12. The number of hydrogen-bond acceptors (Lipinski definition) is 5. The number of methoxy groups -OCH3 is 2. The molecule has 2 heterocycles. The molecule has 6 atom stereocenters. The second kappa shape index (κ2) is 5.93. The molecule has 2 saturated heterocycles.